The van der Waals surface area contributed by atoms with Crippen LogP contribution < -0.4 is 5.56 Å². The van der Waals surface area contributed by atoms with Gasteiger partial charge in [-0.25, -0.2) is 4.68 Å². The number of aromatic nitrogens is 2. The molecule has 1 aromatic heterocycles. The number of nitrogens with one attached hydrogen (secondary N) is 1. The first-order valence-corrected chi connectivity index (χ1v) is 5.05. The number of methoxy groups -OCH3 is 1. The topological polar surface area (TPSA) is 70.8 Å². The molecular weight excluding hydrogens is 218 g/mol. The lowest BCUT2D eigenvalue weighted by molar-refractivity contribution is 0.181. The standard InChI is InChI=1S/C12H11N3O2/c1-17-8-10-6-12(16)15(14-10)11-4-2-9(7-13)3-5-11/h2-6,14H,8H2,1H3. The van der Waals surface area contributed by atoms with E-state index in [0.29, 0.717) is 23.6 Å². The van der Waals surface area contributed by atoms with Crippen molar-refractivity contribution < 1.29 is 4.74 Å². The molecule has 0 saturated heterocycles. The highest BCUT2D eigenvalue weighted by Crippen LogP contribution is 2.07. The van der Waals surface area contributed by atoms with Crippen LogP contribution in [0.3, 0.4) is 0 Å². The summed E-state index contributed by atoms with van der Waals surface area (Å²) in [7, 11) is 1.57. The molecule has 1 N–H and O–H groups in total. The molecule has 5 nitrogen and oxygen atoms in total. The summed E-state index contributed by atoms with van der Waals surface area (Å²) in [5, 5.41) is 11.6. The molecule has 0 spiro atoms. The maximum atomic E-state index is 11.7. The minimum Gasteiger partial charge on any atom is -0.378 e. The molecule has 2 aromatic rings. The zero-order chi connectivity index (χ0) is 12.3. The Balaban J connectivity index is 2.39. The van der Waals surface area contributed by atoms with Crippen molar-refractivity contribution in [2.75, 3.05) is 7.11 Å². The highest BCUT2D eigenvalue weighted by molar-refractivity contribution is 5.38. The lowest BCUT2D eigenvalue weighted by Crippen LogP contribution is -2.13. The quantitative estimate of drug-likeness (QED) is 0.859. The van der Waals surface area contributed by atoms with E-state index in [9.17, 15) is 4.79 Å². The van der Waals surface area contributed by atoms with E-state index in [0.717, 1.165) is 0 Å². The molecule has 86 valence electrons. The molecule has 0 fully saturated rings. The third-order valence-corrected chi connectivity index (χ3v) is 2.33. The Morgan fingerprint density at radius 2 is 2.12 bits per heavy atom. The Kier molecular flexibility index (Phi) is 3.08. The lowest BCUT2D eigenvalue weighted by Gasteiger charge is -2.01. The van der Waals surface area contributed by atoms with E-state index >= 15 is 0 Å². The van der Waals surface area contributed by atoms with Crippen LogP contribution in [-0.4, -0.2) is 16.9 Å². The van der Waals surface area contributed by atoms with Crippen molar-refractivity contribution in [2.24, 2.45) is 0 Å². The van der Waals surface area contributed by atoms with Gasteiger partial charge in [0.25, 0.3) is 5.56 Å². The number of ether oxygens (including phenoxy) is 1. The molecule has 5 heteroatoms. The average molecular weight is 229 g/mol. The van der Waals surface area contributed by atoms with Crippen molar-refractivity contribution >= 4 is 0 Å². The van der Waals surface area contributed by atoms with Crippen LogP contribution in [0.2, 0.25) is 0 Å². The number of hydrogen-bond donors (Lipinski definition) is 1. The summed E-state index contributed by atoms with van der Waals surface area (Å²) in [6.07, 6.45) is 0. The summed E-state index contributed by atoms with van der Waals surface area (Å²) in [6, 6.07) is 10.3. The first kappa shape index (κ1) is 11.2. The molecule has 0 aliphatic carbocycles. The SMILES string of the molecule is COCc1cc(=O)n(-c2ccc(C#N)cc2)[nH]1. The smallest absolute Gasteiger partial charge is 0.271 e. The fourth-order valence-corrected chi connectivity index (χ4v) is 1.55. The number of hydrogen-bond acceptors (Lipinski definition) is 3. The summed E-state index contributed by atoms with van der Waals surface area (Å²) in [4.78, 5) is 11.7. The van der Waals surface area contributed by atoms with E-state index in [1.807, 2.05) is 6.07 Å². The Morgan fingerprint density at radius 3 is 2.71 bits per heavy atom. The van der Waals surface area contributed by atoms with Crippen LogP contribution in [0.5, 0.6) is 0 Å². The highest BCUT2D eigenvalue weighted by atomic mass is 16.5. The number of benzene rings is 1. The normalized spacial score (nSPS) is 10.1. The Labute approximate surface area is 97.9 Å². The largest absolute Gasteiger partial charge is 0.378 e. The van der Waals surface area contributed by atoms with Crippen molar-refractivity contribution in [3.8, 4) is 11.8 Å². The molecule has 0 unspecified atom stereocenters. The number of aromatic amines is 1. The zero-order valence-corrected chi connectivity index (χ0v) is 9.30. The van der Waals surface area contributed by atoms with Crippen LogP contribution >= 0.6 is 0 Å². The lowest BCUT2D eigenvalue weighted by atomic mass is 10.2. The van der Waals surface area contributed by atoms with Gasteiger partial charge in [0, 0.05) is 13.2 Å². The second kappa shape index (κ2) is 4.68. The number of rotatable bonds is 3. The van der Waals surface area contributed by atoms with Gasteiger partial charge in [-0.2, -0.15) is 5.26 Å². The molecule has 0 atom stereocenters. The molecule has 1 aromatic carbocycles. The minimum atomic E-state index is -0.151. The molecule has 0 bridgehead atoms. The van der Waals surface area contributed by atoms with Gasteiger partial charge in [0.15, 0.2) is 0 Å². The molecule has 2 rings (SSSR count). The van der Waals surface area contributed by atoms with Crippen LogP contribution in [0.15, 0.2) is 35.1 Å². The predicted molar refractivity (Wildman–Crippen MR) is 61.8 cm³/mol. The Morgan fingerprint density at radius 1 is 1.41 bits per heavy atom. The van der Waals surface area contributed by atoms with Crippen molar-refractivity contribution in [3.63, 3.8) is 0 Å². The van der Waals surface area contributed by atoms with Crippen molar-refractivity contribution in [2.45, 2.75) is 6.61 Å². The Hall–Kier alpha value is -2.32. The van der Waals surface area contributed by atoms with Crippen molar-refractivity contribution in [1.29, 1.82) is 5.26 Å². The second-order valence-electron chi connectivity index (χ2n) is 3.55. The maximum absolute atomic E-state index is 11.7. The van der Waals surface area contributed by atoms with E-state index in [1.165, 1.54) is 10.7 Å². The maximum Gasteiger partial charge on any atom is 0.271 e. The van der Waals surface area contributed by atoms with Gasteiger partial charge in [-0.15, -0.1) is 0 Å². The first-order chi connectivity index (χ1) is 8.24. The highest BCUT2D eigenvalue weighted by Gasteiger charge is 2.04. The van der Waals surface area contributed by atoms with E-state index in [1.54, 1.807) is 31.4 Å². The second-order valence-corrected chi connectivity index (χ2v) is 3.55. The van der Waals surface area contributed by atoms with Crippen molar-refractivity contribution in [1.82, 2.24) is 9.78 Å². The zero-order valence-electron chi connectivity index (χ0n) is 9.30. The van der Waals surface area contributed by atoms with E-state index < -0.39 is 0 Å². The fourth-order valence-electron chi connectivity index (χ4n) is 1.55. The number of nitrogens with zero attached hydrogens (tertiary/aromatic N) is 2. The van der Waals surface area contributed by atoms with E-state index in [2.05, 4.69) is 5.10 Å². The molecule has 1 heterocycles. The third kappa shape index (κ3) is 2.27. The molecule has 0 amide bonds. The van der Waals surface area contributed by atoms with Crippen LogP contribution in [0.25, 0.3) is 5.69 Å². The van der Waals surface area contributed by atoms with Crippen LogP contribution in [0.4, 0.5) is 0 Å². The molecule has 0 aliphatic heterocycles. The van der Waals surface area contributed by atoms with Gasteiger partial charge in [-0.3, -0.25) is 9.89 Å². The van der Waals surface area contributed by atoms with Crippen molar-refractivity contribution in [3.05, 3.63) is 51.9 Å². The summed E-state index contributed by atoms with van der Waals surface area (Å²) in [5.41, 5.74) is 1.81. The molecule has 0 aliphatic rings. The third-order valence-electron chi connectivity index (χ3n) is 2.33. The van der Waals surface area contributed by atoms with Gasteiger partial charge in [0.1, 0.15) is 0 Å². The van der Waals surface area contributed by atoms with Gasteiger partial charge in [0.05, 0.1) is 29.6 Å². The summed E-state index contributed by atoms with van der Waals surface area (Å²) in [5.74, 6) is 0. The predicted octanol–water partition coefficient (Wildman–Crippen LogP) is 1.18. The van der Waals surface area contributed by atoms with E-state index in [-0.39, 0.29) is 5.56 Å². The molecule has 0 saturated carbocycles. The molecular formula is C12H11N3O2. The Bertz CT molecular complexity index is 602. The number of H-pyrrole nitrogens is 1. The first-order valence-electron chi connectivity index (χ1n) is 5.05. The summed E-state index contributed by atoms with van der Waals surface area (Å²) in [6.45, 7) is 0.360. The molecule has 0 radical (unpaired) electrons. The van der Waals surface area contributed by atoms with Gasteiger partial charge in [-0.1, -0.05) is 0 Å². The minimum absolute atomic E-state index is 0.151. The summed E-state index contributed by atoms with van der Waals surface area (Å²) >= 11 is 0. The number of nitriles is 1. The monoisotopic (exact) mass is 229 g/mol. The summed E-state index contributed by atoms with van der Waals surface area (Å²) < 4.78 is 6.35. The van der Waals surface area contributed by atoms with Gasteiger partial charge in [0.2, 0.25) is 0 Å². The fraction of sp³-hybridized carbons (Fsp3) is 0.167. The van der Waals surface area contributed by atoms with Crippen LogP contribution in [-0.2, 0) is 11.3 Å². The van der Waals surface area contributed by atoms with E-state index in [4.69, 9.17) is 10.00 Å². The van der Waals surface area contributed by atoms with Gasteiger partial charge >= 0.3 is 0 Å². The average Bonchev–Trinajstić information content (AvgIpc) is 2.71. The van der Waals surface area contributed by atoms with Crippen LogP contribution in [0, 0.1) is 11.3 Å². The van der Waals surface area contributed by atoms with Gasteiger partial charge in [-0.05, 0) is 24.3 Å². The van der Waals surface area contributed by atoms with Crippen LogP contribution in [0.1, 0.15) is 11.3 Å². The van der Waals surface area contributed by atoms with Gasteiger partial charge < -0.3 is 4.74 Å². The molecule has 17 heavy (non-hydrogen) atoms.